The van der Waals surface area contributed by atoms with Gasteiger partial charge in [0.1, 0.15) is 0 Å². The zero-order valence-electron chi connectivity index (χ0n) is 9.56. The molecule has 2 aromatic rings. The molecule has 0 atom stereocenters. The molecule has 0 bridgehead atoms. The Morgan fingerprint density at radius 2 is 2.00 bits per heavy atom. The third-order valence-corrected chi connectivity index (χ3v) is 2.68. The maximum absolute atomic E-state index is 5.50. The third kappa shape index (κ3) is 2.31. The topological polar surface area (TPSA) is 43.8 Å². The summed E-state index contributed by atoms with van der Waals surface area (Å²) in [7, 11) is 0. The van der Waals surface area contributed by atoms with Crippen molar-refractivity contribution in [1.29, 1.82) is 0 Å². The highest BCUT2D eigenvalue weighted by Crippen LogP contribution is 2.11. The molecule has 3 nitrogen and oxygen atoms in total. The highest BCUT2D eigenvalue weighted by Gasteiger charge is 1.99. The van der Waals surface area contributed by atoms with Gasteiger partial charge < -0.3 is 10.3 Å². The summed E-state index contributed by atoms with van der Waals surface area (Å²) in [5.41, 5.74) is 9.04. The van der Waals surface area contributed by atoms with E-state index in [0.29, 0.717) is 6.54 Å². The van der Waals surface area contributed by atoms with Crippen LogP contribution in [0.15, 0.2) is 36.8 Å². The number of imidazole rings is 1. The molecule has 0 radical (unpaired) electrons. The van der Waals surface area contributed by atoms with E-state index in [9.17, 15) is 0 Å². The maximum Gasteiger partial charge on any atom is 0.0995 e. The van der Waals surface area contributed by atoms with Crippen LogP contribution in [0.25, 0.3) is 5.69 Å². The summed E-state index contributed by atoms with van der Waals surface area (Å²) in [6, 6.07) is 8.54. The molecule has 0 spiro atoms. The molecular weight excluding hydrogens is 198 g/mol. The maximum atomic E-state index is 5.50. The van der Waals surface area contributed by atoms with Gasteiger partial charge in [0, 0.05) is 18.3 Å². The molecule has 16 heavy (non-hydrogen) atoms. The van der Waals surface area contributed by atoms with Crippen LogP contribution in [0.1, 0.15) is 18.2 Å². The van der Waals surface area contributed by atoms with Gasteiger partial charge in [0.15, 0.2) is 0 Å². The van der Waals surface area contributed by atoms with E-state index in [1.807, 2.05) is 17.1 Å². The van der Waals surface area contributed by atoms with Crippen LogP contribution in [-0.4, -0.2) is 16.1 Å². The molecule has 0 aliphatic rings. The molecule has 0 unspecified atom stereocenters. The summed E-state index contributed by atoms with van der Waals surface area (Å²) in [6.45, 7) is 2.80. The molecule has 2 N–H and O–H groups in total. The highest BCUT2D eigenvalue weighted by atomic mass is 15.0. The van der Waals surface area contributed by atoms with Gasteiger partial charge in [-0.2, -0.15) is 0 Å². The van der Waals surface area contributed by atoms with Gasteiger partial charge in [0.2, 0.25) is 0 Å². The van der Waals surface area contributed by atoms with Crippen LogP contribution >= 0.6 is 0 Å². The predicted octanol–water partition coefficient (Wildman–Crippen LogP) is 1.94. The molecule has 1 heterocycles. The normalized spacial score (nSPS) is 10.6. The lowest BCUT2D eigenvalue weighted by molar-refractivity contribution is 0.934. The fourth-order valence-electron chi connectivity index (χ4n) is 1.69. The number of nitrogens with two attached hydrogens (primary N) is 1. The minimum absolute atomic E-state index is 0.645. The average molecular weight is 215 g/mol. The van der Waals surface area contributed by atoms with E-state index in [4.69, 9.17) is 5.73 Å². The first kappa shape index (κ1) is 10.9. The quantitative estimate of drug-likeness (QED) is 0.847. The Morgan fingerprint density at radius 1 is 1.25 bits per heavy atom. The van der Waals surface area contributed by atoms with Crippen LogP contribution < -0.4 is 5.73 Å². The van der Waals surface area contributed by atoms with Crippen LogP contribution in [-0.2, 0) is 12.8 Å². The number of nitrogens with zero attached hydrogens (tertiary/aromatic N) is 2. The summed E-state index contributed by atoms with van der Waals surface area (Å²) in [5, 5.41) is 0. The Kier molecular flexibility index (Phi) is 3.37. The van der Waals surface area contributed by atoms with Crippen molar-refractivity contribution in [3.8, 4) is 5.69 Å². The lowest BCUT2D eigenvalue weighted by atomic mass is 10.1. The van der Waals surface area contributed by atoms with Crippen LogP contribution in [0.2, 0.25) is 0 Å². The second kappa shape index (κ2) is 4.94. The molecule has 0 aliphatic carbocycles. The first-order valence-corrected chi connectivity index (χ1v) is 5.65. The predicted molar refractivity (Wildman–Crippen MR) is 65.7 cm³/mol. The van der Waals surface area contributed by atoms with E-state index in [0.717, 1.165) is 24.2 Å². The van der Waals surface area contributed by atoms with Gasteiger partial charge in [-0.1, -0.05) is 19.1 Å². The number of aryl methyl sites for hydroxylation is 1. The third-order valence-electron chi connectivity index (χ3n) is 2.68. The molecule has 84 valence electrons. The second-order valence-corrected chi connectivity index (χ2v) is 3.83. The Morgan fingerprint density at radius 3 is 2.62 bits per heavy atom. The summed E-state index contributed by atoms with van der Waals surface area (Å²) in [5.74, 6) is 0. The first-order valence-electron chi connectivity index (χ1n) is 5.65. The number of hydrogen-bond acceptors (Lipinski definition) is 2. The van der Waals surface area contributed by atoms with Gasteiger partial charge in [-0.3, -0.25) is 0 Å². The summed E-state index contributed by atoms with van der Waals surface area (Å²) in [4.78, 5) is 4.31. The van der Waals surface area contributed by atoms with Gasteiger partial charge in [0.25, 0.3) is 0 Å². The fraction of sp³-hybridized carbons (Fsp3) is 0.308. The van der Waals surface area contributed by atoms with Crippen molar-refractivity contribution in [2.45, 2.75) is 19.8 Å². The van der Waals surface area contributed by atoms with Gasteiger partial charge >= 0.3 is 0 Å². The van der Waals surface area contributed by atoms with E-state index in [1.54, 1.807) is 0 Å². The van der Waals surface area contributed by atoms with Crippen molar-refractivity contribution < 1.29 is 0 Å². The Bertz CT molecular complexity index is 442. The zero-order valence-corrected chi connectivity index (χ0v) is 9.56. The molecule has 0 aliphatic heterocycles. The van der Waals surface area contributed by atoms with Crippen molar-refractivity contribution in [2.24, 2.45) is 5.73 Å². The second-order valence-electron chi connectivity index (χ2n) is 3.83. The minimum Gasteiger partial charge on any atom is -0.330 e. The number of aromatic nitrogens is 2. The Labute approximate surface area is 95.9 Å². The molecule has 1 aromatic carbocycles. The van der Waals surface area contributed by atoms with Crippen molar-refractivity contribution in [1.82, 2.24) is 9.55 Å². The summed E-state index contributed by atoms with van der Waals surface area (Å²) < 4.78 is 2.03. The molecule has 1 aromatic heterocycles. The van der Waals surface area contributed by atoms with Gasteiger partial charge in [-0.25, -0.2) is 4.98 Å². The van der Waals surface area contributed by atoms with Crippen molar-refractivity contribution in [3.63, 3.8) is 0 Å². The smallest absolute Gasteiger partial charge is 0.0995 e. The monoisotopic (exact) mass is 215 g/mol. The number of benzene rings is 1. The molecular formula is C13H17N3. The lowest BCUT2D eigenvalue weighted by Crippen LogP contribution is -2.02. The van der Waals surface area contributed by atoms with Gasteiger partial charge in [-0.15, -0.1) is 0 Å². The van der Waals surface area contributed by atoms with E-state index < -0.39 is 0 Å². The molecule has 2 rings (SSSR count). The van der Waals surface area contributed by atoms with Crippen molar-refractivity contribution in [2.75, 3.05) is 6.54 Å². The highest BCUT2D eigenvalue weighted by molar-refractivity contribution is 5.35. The SMILES string of the molecule is CCc1ccc(-n2cnc(CCN)c2)cc1. The number of rotatable bonds is 4. The summed E-state index contributed by atoms with van der Waals surface area (Å²) >= 11 is 0. The average Bonchev–Trinajstić information content (AvgIpc) is 2.78. The number of hydrogen-bond donors (Lipinski definition) is 1. The van der Waals surface area contributed by atoms with Crippen molar-refractivity contribution >= 4 is 0 Å². The fourth-order valence-corrected chi connectivity index (χ4v) is 1.69. The van der Waals surface area contributed by atoms with E-state index in [1.165, 1.54) is 5.56 Å². The standard InChI is InChI=1S/C13H17N3/c1-2-11-3-5-13(6-4-11)16-9-12(7-8-14)15-10-16/h3-6,9-10H,2,7-8,14H2,1H3. The van der Waals surface area contributed by atoms with E-state index >= 15 is 0 Å². The van der Waals surface area contributed by atoms with Crippen LogP contribution in [0, 0.1) is 0 Å². The summed E-state index contributed by atoms with van der Waals surface area (Å²) in [6.07, 6.45) is 5.78. The molecule has 0 fully saturated rings. The largest absolute Gasteiger partial charge is 0.330 e. The Balaban J connectivity index is 2.21. The molecule has 0 amide bonds. The van der Waals surface area contributed by atoms with E-state index in [2.05, 4.69) is 36.2 Å². The Hall–Kier alpha value is -1.61. The van der Waals surface area contributed by atoms with Crippen LogP contribution in [0.4, 0.5) is 0 Å². The van der Waals surface area contributed by atoms with Crippen LogP contribution in [0.5, 0.6) is 0 Å². The van der Waals surface area contributed by atoms with E-state index in [-0.39, 0.29) is 0 Å². The minimum atomic E-state index is 0.645. The van der Waals surface area contributed by atoms with Gasteiger partial charge in [-0.05, 0) is 30.7 Å². The van der Waals surface area contributed by atoms with Crippen LogP contribution in [0.3, 0.4) is 0 Å². The first-order chi connectivity index (χ1) is 7.83. The molecule has 0 saturated heterocycles. The lowest BCUT2D eigenvalue weighted by Gasteiger charge is -2.02. The van der Waals surface area contributed by atoms with Gasteiger partial charge in [0.05, 0.1) is 12.0 Å². The molecule has 3 heteroatoms. The molecule has 0 saturated carbocycles. The van der Waals surface area contributed by atoms with Crippen molar-refractivity contribution in [3.05, 3.63) is 48.0 Å². The zero-order chi connectivity index (χ0) is 11.4.